The molecule has 0 aromatic carbocycles. The summed E-state index contributed by atoms with van der Waals surface area (Å²) >= 11 is 0. The lowest BCUT2D eigenvalue weighted by Gasteiger charge is -2.36. The van der Waals surface area contributed by atoms with E-state index < -0.39 is 5.54 Å². The standard InChI is InChI=1S/C9H16N2O2/c10-9(6-12)5-8(13)11-4-2-1-3-7(9)11/h7,12H,1-6,10H2. The van der Waals surface area contributed by atoms with Gasteiger partial charge in [-0.1, -0.05) is 0 Å². The van der Waals surface area contributed by atoms with Gasteiger partial charge in [0.2, 0.25) is 5.91 Å². The number of nitrogens with zero attached hydrogens (tertiary/aromatic N) is 1. The lowest BCUT2D eigenvalue weighted by atomic mass is 9.87. The summed E-state index contributed by atoms with van der Waals surface area (Å²) in [5.74, 6) is 0.112. The molecule has 2 heterocycles. The van der Waals surface area contributed by atoms with E-state index in [1.54, 1.807) is 0 Å². The Morgan fingerprint density at radius 3 is 3.08 bits per heavy atom. The molecule has 4 heteroatoms. The third-order valence-corrected chi connectivity index (χ3v) is 3.26. The van der Waals surface area contributed by atoms with Crippen molar-refractivity contribution >= 4 is 5.91 Å². The molecule has 2 aliphatic rings. The molecule has 0 bridgehead atoms. The number of carbonyl (C=O) groups is 1. The van der Waals surface area contributed by atoms with E-state index in [4.69, 9.17) is 5.73 Å². The van der Waals surface area contributed by atoms with Gasteiger partial charge in [-0.05, 0) is 19.3 Å². The number of amides is 1. The van der Waals surface area contributed by atoms with E-state index >= 15 is 0 Å². The summed E-state index contributed by atoms with van der Waals surface area (Å²) < 4.78 is 0. The second-order valence-corrected chi connectivity index (χ2v) is 4.17. The molecule has 1 amide bonds. The first-order valence-corrected chi connectivity index (χ1v) is 4.86. The van der Waals surface area contributed by atoms with Crippen molar-refractivity contribution in [2.45, 2.75) is 37.3 Å². The summed E-state index contributed by atoms with van der Waals surface area (Å²) in [6, 6.07) is 0.0822. The normalized spacial score (nSPS) is 39.4. The molecule has 4 nitrogen and oxygen atoms in total. The first-order chi connectivity index (χ1) is 6.17. The number of rotatable bonds is 1. The maximum atomic E-state index is 11.5. The van der Waals surface area contributed by atoms with Crippen LogP contribution in [0.25, 0.3) is 0 Å². The highest BCUT2D eigenvalue weighted by molar-refractivity contribution is 5.81. The lowest BCUT2D eigenvalue weighted by molar-refractivity contribution is -0.129. The van der Waals surface area contributed by atoms with Crippen LogP contribution in [0.15, 0.2) is 0 Å². The number of hydrogen-bond donors (Lipinski definition) is 2. The van der Waals surface area contributed by atoms with Gasteiger partial charge in [0.25, 0.3) is 0 Å². The molecule has 2 rings (SSSR count). The van der Waals surface area contributed by atoms with E-state index in [2.05, 4.69) is 0 Å². The van der Waals surface area contributed by atoms with Crippen molar-refractivity contribution in [1.82, 2.24) is 4.90 Å². The van der Waals surface area contributed by atoms with Crippen LogP contribution in [0.4, 0.5) is 0 Å². The molecule has 2 atom stereocenters. The number of fused-ring (bicyclic) bond motifs is 1. The highest BCUT2D eigenvalue weighted by atomic mass is 16.3. The van der Waals surface area contributed by atoms with Gasteiger partial charge >= 0.3 is 0 Å². The second-order valence-electron chi connectivity index (χ2n) is 4.17. The molecule has 74 valence electrons. The van der Waals surface area contributed by atoms with Gasteiger partial charge in [0.15, 0.2) is 0 Å². The Labute approximate surface area is 77.7 Å². The quantitative estimate of drug-likeness (QED) is 0.575. The van der Waals surface area contributed by atoms with E-state index in [0.29, 0.717) is 6.42 Å². The van der Waals surface area contributed by atoms with Gasteiger partial charge in [0.1, 0.15) is 0 Å². The van der Waals surface area contributed by atoms with Crippen molar-refractivity contribution in [1.29, 1.82) is 0 Å². The Morgan fingerprint density at radius 2 is 2.38 bits per heavy atom. The van der Waals surface area contributed by atoms with Gasteiger partial charge in [-0.3, -0.25) is 4.79 Å². The van der Waals surface area contributed by atoms with Crippen molar-refractivity contribution in [3.8, 4) is 0 Å². The van der Waals surface area contributed by atoms with Crippen LogP contribution >= 0.6 is 0 Å². The van der Waals surface area contributed by atoms with Crippen LogP contribution < -0.4 is 5.73 Å². The van der Waals surface area contributed by atoms with Gasteiger partial charge in [0, 0.05) is 13.0 Å². The zero-order valence-corrected chi connectivity index (χ0v) is 7.70. The molecular weight excluding hydrogens is 168 g/mol. The van der Waals surface area contributed by atoms with Gasteiger partial charge in [0.05, 0.1) is 18.2 Å². The lowest BCUT2D eigenvalue weighted by Crippen LogP contribution is -2.55. The smallest absolute Gasteiger partial charge is 0.224 e. The van der Waals surface area contributed by atoms with Crippen LogP contribution in [-0.4, -0.2) is 40.6 Å². The fraction of sp³-hybridized carbons (Fsp3) is 0.889. The molecule has 2 aliphatic heterocycles. The average molecular weight is 184 g/mol. The maximum Gasteiger partial charge on any atom is 0.224 e. The molecule has 0 aromatic heterocycles. The third-order valence-electron chi connectivity index (χ3n) is 3.26. The Balaban J connectivity index is 2.22. The molecule has 3 N–H and O–H groups in total. The summed E-state index contributed by atoms with van der Waals surface area (Å²) in [4.78, 5) is 13.4. The van der Waals surface area contributed by atoms with Crippen molar-refractivity contribution < 1.29 is 9.90 Å². The molecule has 0 aliphatic carbocycles. The number of nitrogens with two attached hydrogens (primary N) is 1. The summed E-state index contributed by atoms with van der Waals surface area (Å²) in [5, 5.41) is 9.18. The van der Waals surface area contributed by atoms with Crippen LogP contribution in [0.1, 0.15) is 25.7 Å². The topological polar surface area (TPSA) is 66.6 Å². The molecule has 0 aromatic rings. The van der Waals surface area contributed by atoms with Gasteiger partial charge in [-0.15, -0.1) is 0 Å². The number of aliphatic hydroxyl groups excluding tert-OH is 1. The monoisotopic (exact) mass is 184 g/mol. The van der Waals surface area contributed by atoms with E-state index in [0.717, 1.165) is 25.8 Å². The van der Waals surface area contributed by atoms with Gasteiger partial charge in [-0.25, -0.2) is 0 Å². The van der Waals surface area contributed by atoms with Gasteiger partial charge < -0.3 is 15.7 Å². The highest BCUT2D eigenvalue weighted by Gasteiger charge is 2.49. The fourth-order valence-electron chi connectivity index (χ4n) is 2.49. The van der Waals surface area contributed by atoms with E-state index in [9.17, 15) is 9.90 Å². The highest BCUT2D eigenvalue weighted by Crippen LogP contribution is 2.33. The molecule has 2 saturated heterocycles. The minimum atomic E-state index is -0.669. The van der Waals surface area contributed by atoms with Crippen LogP contribution in [0, 0.1) is 0 Å². The minimum Gasteiger partial charge on any atom is -0.394 e. The van der Waals surface area contributed by atoms with E-state index in [1.165, 1.54) is 0 Å². The molecule has 13 heavy (non-hydrogen) atoms. The Morgan fingerprint density at radius 1 is 1.62 bits per heavy atom. The molecule has 2 unspecified atom stereocenters. The second kappa shape index (κ2) is 2.96. The molecule has 0 saturated carbocycles. The number of hydrogen-bond acceptors (Lipinski definition) is 3. The van der Waals surface area contributed by atoms with Crippen molar-refractivity contribution in [2.24, 2.45) is 5.73 Å². The maximum absolute atomic E-state index is 11.5. The first-order valence-electron chi connectivity index (χ1n) is 4.86. The van der Waals surface area contributed by atoms with Crippen LogP contribution in [-0.2, 0) is 4.79 Å². The number of piperidine rings is 1. The minimum absolute atomic E-state index is 0.0822. The van der Waals surface area contributed by atoms with Crippen LogP contribution in [0.3, 0.4) is 0 Å². The summed E-state index contributed by atoms with van der Waals surface area (Å²) in [6.45, 7) is 0.738. The predicted octanol–water partition coefficient (Wildman–Crippen LogP) is -0.539. The van der Waals surface area contributed by atoms with E-state index in [-0.39, 0.29) is 18.6 Å². The first kappa shape index (κ1) is 8.97. The van der Waals surface area contributed by atoms with Crippen molar-refractivity contribution in [3.05, 3.63) is 0 Å². The zero-order chi connectivity index (χ0) is 9.47. The third kappa shape index (κ3) is 1.25. The number of aliphatic hydroxyl groups is 1. The predicted molar refractivity (Wildman–Crippen MR) is 48.0 cm³/mol. The van der Waals surface area contributed by atoms with Crippen LogP contribution in [0.2, 0.25) is 0 Å². The summed E-state index contributed by atoms with van der Waals surface area (Å²) in [5.41, 5.74) is 5.32. The Bertz CT molecular complexity index is 232. The largest absolute Gasteiger partial charge is 0.394 e. The molecule has 0 spiro atoms. The Kier molecular flexibility index (Phi) is 2.04. The van der Waals surface area contributed by atoms with Crippen LogP contribution in [0.5, 0.6) is 0 Å². The SMILES string of the molecule is NC1(CO)CC(=O)N2CCCCC21. The molecule has 0 radical (unpaired) electrons. The number of carbonyl (C=O) groups excluding carboxylic acids is 1. The summed E-state index contributed by atoms with van der Waals surface area (Å²) in [6.07, 6.45) is 3.45. The summed E-state index contributed by atoms with van der Waals surface area (Å²) in [7, 11) is 0. The molecular formula is C9H16N2O2. The molecule has 2 fully saturated rings. The fourth-order valence-corrected chi connectivity index (χ4v) is 2.49. The van der Waals surface area contributed by atoms with Gasteiger partial charge in [-0.2, -0.15) is 0 Å². The van der Waals surface area contributed by atoms with Crippen molar-refractivity contribution in [3.63, 3.8) is 0 Å². The zero-order valence-electron chi connectivity index (χ0n) is 7.70. The van der Waals surface area contributed by atoms with Crippen molar-refractivity contribution in [2.75, 3.05) is 13.2 Å². The van der Waals surface area contributed by atoms with E-state index in [1.807, 2.05) is 4.90 Å². The Hall–Kier alpha value is -0.610. The average Bonchev–Trinajstić information content (AvgIpc) is 2.42.